The van der Waals surface area contributed by atoms with Crippen molar-refractivity contribution in [1.82, 2.24) is 4.98 Å². The Hall–Kier alpha value is -0.880. The molecule has 0 aliphatic carbocycles. The van der Waals surface area contributed by atoms with E-state index in [9.17, 15) is 13.2 Å². The van der Waals surface area contributed by atoms with Crippen molar-refractivity contribution in [2.75, 3.05) is 0 Å². The van der Waals surface area contributed by atoms with Crippen LogP contribution in [0.1, 0.15) is 5.56 Å². The first-order valence-electron chi connectivity index (χ1n) is 7.37. The first kappa shape index (κ1) is 21.8. The third-order valence-electron chi connectivity index (χ3n) is 3.85. The standard InChI is InChI=1S/C18H6Cl6F3N/c19-11-3-1-7(14(21)16(11)23)9-6-28-13(5-10(9)18(25,26)27)8-2-4-12(20)17(24)15(8)22/h1-6H. The normalized spacial score (nSPS) is 11.8. The third-order valence-corrected chi connectivity index (χ3v) is 6.43. The van der Waals surface area contributed by atoms with Gasteiger partial charge in [0, 0.05) is 22.9 Å². The average Bonchev–Trinajstić information content (AvgIpc) is 2.64. The lowest BCUT2D eigenvalue weighted by Crippen LogP contribution is -2.08. The molecule has 2 aromatic carbocycles. The van der Waals surface area contributed by atoms with Gasteiger partial charge in [0.1, 0.15) is 0 Å². The van der Waals surface area contributed by atoms with Crippen LogP contribution in [0.3, 0.4) is 0 Å². The van der Waals surface area contributed by atoms with Crippen molar-refractivity contribution in [3.63, 3.8) is 0 Å². The second kappa shape index (κ2) is 8.10. The Morgan fingerprint density at radius 2 is 1.14 bits per heavy atom. The Morgan fingerprint density at radius 1 is 0.643 bits per heavy atom. The van der Waals surface area contributed by atoms with E-state index < -0.39 is 11.7 Å². The minimum Gasteiger partial charge on any atom is -0.256 e. The lowest BCUT2D eigenvalue weighted by Gasteiger charge is -2.16. The van der Waals surface area contributed by atoms with Gasteiger partial charge in [-0.1, -0.05) is 75.7 Å². The molecular weight excluding hydrogens is 500 g/mol. The van der Waals surface area contributed by atoms with E-state index in [2.05, 4.69) is 4.98 Å². The van der Waals surface area contributed by atoms with E-state index in [4.69, 9.17) is 69.6 Å². The predicted molar refractivity (Wildman–Crippen MR) is 110 cm³/mol. The summed E-state index contributed by atoms with van der Waals surface area (Å²) < 4.78 is 41.3. The zero-order chi connectivity index (χ0) is 20.8. The number of hydrogen-bond donors (Lipinski definition) is 0. The van der Waals surface area contributed by atoms with Gasteiger partial charge in [0.15, 0.2) is 0 Å². The summed E-state index contributed by atoms with van der Waals surface area (Å²) in [5.41, 5.74) is -1.01. The van der Waals surface area contributed by atoms with Crippen molar-refractivity contribution >= 4 is 69.6 Å². The molecular formula is C18H6Cl6F3N. The maximum absolute atomic E-state index is 13.8. The van der Waals surface area contributed by atoms with Crippen LogP contribution in [-0.4, -0.2) is 4.98 Å². The SMILES string of the molecule is FC(F)(F)c1cc(-c2ccc(Cl)c(Cl)c2Cl)ncc1-c1ccc(Cl)c(Cl)c1Cl. The summed E-state index contributed by atoms with van der Waals surface area (Å²) in [6, 6.07) is 6.41. The molecule has 0 aliphatic heterocycles. The predicted octanol–water partition coefficient (Wildman–Crippen LogP) is 9.35. The van der Waals surface area contributed by atoms with Gasteiger partial charge in [-0.25, -0.2) is 0 Å². The van der Waals surface area contributed by atoms with Crippen molar-refractivity contribution < 1.29 is 13.2 Å². The lowest BCUT2D eigenvalue weighted by atomic mass is 9.99. The van der Waals surface area contributed by atoms with Crippen molar-refractivity contribution in [3.8, 4) is 22.4 Å². The highest BCUT2D eigenvalue weighted by molar-refractivity contribution is 6.49. The minimum atomic E-state index is -4.70. The van der Waals surface area contributed by atoms with Crippen LogP contribution in [0.5, 0.6) is 0 Å². The number of halogens is 9. The van der Waals surface area contributed by atoms with Crippen molar-refractivity contribution in [1.29, 1.82) is 0 Å². The number of pyridine rings is 1. The Bertz CT molecular complexity index is 1080. The second-order valence-electron chi connectivity index (χ2n) is 5.56. The van der Waals surface area contributed by atoms with Crippen LogP contribution in [0.4, 0.5) is 13.2 Å². The van der Waals surface area contributed by atoms with E-state index in [1.165, 1.54) is 24.3 Å². The van der Waals surface area contributed by atoms with Crippen LogP contribution >= 0.6 is 69.6 Å². The second-order valence-corrected chi connectivity index (χ2v) is 7.88. The quantitative estimate of drug-likeness (QED) is 0.316. The highest BCUT2D eigenvalue weighted by atomic mass is 35.5. The Balaban J connectivity index is 2.26. The largest absolute Gasteiger partial charge is 0.417 e. The van der Waals surface area contributed by atoms with Gasteiger partial charge in [-0.2, -0.15) is 13.2 Å². The van der Waals surface area contributed by atoms with Gasteiger partial charge in [0.25, 0.3) is 0 Å². The minimum absolute atomic E-state index is 0.00453. The molecule has 0 aliphatic rings. The van der Waals surface area contributed by atoms with Crippen LogP contribution in [0, 0.1) is 0 Å². The molecule has 0 atom stereocenters. The molecule has 0 bridgehead atoms. The van der Waals surface area contributed by atoms with Crippen LogP contribution in [0.2, 0.25) is 30.1 Å². The topological polar surface area (TPSA) is 12.9 Å². The third kappa shape index (κ3) is 4.04. The van der Waals surface area contributed by atoms with Gasteiger partial charge >= 0.3 is 6.18 Å². The summed E-state index contributed by atoms with van der Waals surface area (Å²) in [4.78, 5) is 4.10. The zero-order valence-electron chi connectivity index (χ0n) is 13.3. The fourth-order valence-corrected chi connectivity index (χ4v) is 3.78. The molecule has 0 spiro atoms. The van der Waals surface area contributed by atoms with Crippen molar-refractivity contribution in [2.45, 2.75) is 6.18 Å². The molecule has 146 valence electrons. The molecule has 0 radical (unpaired) electrons. The molecule has 3 aromatic rings. The van der Waals surface area contributed by atoms with Crippen LogP contribution in [-0.2, 0) is 6.18 Å². The molecule has 0 N–H and O–H groups in total. The van der Waals surface area contributed by atoms with Crippen molar-refractivity contribution in [3.05, 3.63) is 72.2 Å². The van der Waals surface area contributed by atoms with Gasteiger partial charge in [-0.05, 0) is 24.3 Å². The van der Waals surface area contributed by atoms with E-state index in [1.54, 1.807) is 0 Å². The zero-order valence-corrected chi connectivity index (χ0v) is 17.8. The number of alkyl halides is 3. The van der Waals surface area contributed by atoms with E-state index >= 15 is 0 Å². The number of hydrogen-bond acceptors (Lipinski definition) is 1. The summed E-state index contributed by atoms with van der Waals surface area (Å²) in [6.45, 7) is 0. The molecule has 1 nitrogen and oxygen atoms in total. The number of aromatic nitrogens is 1. The molecule has 10 heteroatoms. The van der Waals surface area contributed by atoms with Crippen molar-refractivity contribution in [2.24, 2.45) is 0 Å². The summed E-state index contributed by atoms with van der Waals surface area (Å²) >= 11 is 35.9. The fourth-order valence-electron chi connectivity index (χ4n) is 2.51. The Labute approximate surface area is 187 Å². The first-order chi connectivity index (χ1) is 13.0. The summed E-state index contributed by atoms with van der Waals surface area (Å²) in [5, 5.41) is 0.150. The van der Waals surface area contributed by atoms with E-state index in [0.29, 0.717) is 0 Å². The Kier molecular flexibility index (Phi) is 6.31. The molecule has 28 heavy (non-hydrogen) atoms. The molecule has 0 amide bonds. The molecule has 0 fully saturated rings. The molecule has 0 saturated heterocycles. The summed E-state index contributed by atoms with van der Waals surface area (Å²) in [7, 11) is 0. The first-order valence-corrected chi connectivity index (χ1v) is 9.64. The Morgan fingerprint density at radius 3 is 1.68 bits per heavy atom. The van der Waals surface area contributed by atoms with Gasteiger partial charge in [-0.3, -0.25) is 4.98 Å². The summed E-state index contributed by atoms with van der Waals surface area (Å²) in [6.07, 6.45) is -3.66. The molecule has 0 unspecified atom stereocenters. The summed E-state index contributed by atoms with van der Waals surface area (Å²) in [5.74, 6) is 0. The molecule has 3 rings (SSSR count). The number of nitrogens with zero attached hydrogens (tertiary/aromatic N) is 1. The van der Waals surface area contributed by atoms with Gasteiger partial charge in [-0.15, -0.1) is 0 Å². The average molecular weight is 506 g/mol. The van der Waals surface area contributed by atoms with E-state index in [1.807, 2.05) is 0 Å². The van der Waals surface area contributed by atoms with E-state index in [-0.39, 0.29) is 52.5 Å². The number of rotatable bonds is 2. The van der Waals surface area contributed by atoms with Gasteiger partial charge in [0.2, 0.25) is 0 Å². The van der Waals surface area contributed by atoms with Crippen LogP contribution < -0.4 is 0 Å². The number of benzene rings is 2. The highest BCUT2D eigenvalue weighted by Gasteiger charge is 2.35. The molecule has 0 saturated carbocycles. The van der Waals surface area contributed by atoms with Crippen LogP contribution in [0.15, 0.2) is 36.5 Å². The fraction of sp³-hybridized carbons (Fsp3) is 0.0556. The highest BCUT2D eigenvalue weighted by Crippen LogP contribution is 2.45. The van der Waals surface area contributed by atoms with Gasteiger partial charge < -0.3 is 0 Å². The molecule has 1 heterocycles. The smallest absolute Gasteiger partial charge is 0.256 e. The maximum atomic E-state index is 13.8. The van der Waals surface area contributed by atoms with Gasteiger partial charge in [0.05, 0.1) is 41.4 Å². The lowest BCUT2D eigenvalue weighted by molar-refractivity contribution is -0.137. The maximum Gasteiger partial charge on any atom is 0.417 e. The van der Waals surface area contributed by atoms with Crippen LogP contribution in [0.25, 0.3) is 22.4 Å². The monoisotopic (exact) mass is 503 g/mol. The van der Waals surface area contributed by atoms with E-state index in [0.717, 1.165) is 12.3 Å². The molecule has 1 aromatic heterocycles.